The van der Waals surface area contributed by atoms with Crippen molar-refractivity contribution in [2.24, 2.45) is 0 Å². The van der Waals surface area contributed by atoms with Crippen LogP contribution in [0, 0.1) is 18.2 Å². The summed E-state index contributed by atoms with van der Waals surface area (Å²) in [6.07, 6.45) is 6.80. The number of carbonyl (C=O) groups excluding carboxylic acids is 2. The van der Waals surface area contributed by atoms with E-state index in [0.717, 1.165) is 16.7 Å². The number of ether oxygens (including phenoxy) is 1. The van der Waals surface area contributed by atoms with Gasteiger partial charge in [0.1, 0.15) is 18.2 Å². The molecule has 4 nitrogen and oxygen atoms in total. The van der Waals surface area contributed by atoms with E-state index >= 15 is 0 Å². The van der Waals surface area contributed by atoms with Crippen molar-refractivity contribution in [3.8, 4) is 18.1 Å². The number of hydrogen-bond donors (Lipinski definition) is 0. The Bertz CT molecular complexity index is 983. The Hall–Kier alpha value is -2.56. The van der Waals surface area contributed by atoms with Gasteiger partial charge in [-0.2, -0.15) is 0 Å². The van der Waals surface area contributed by atoms with Crippen molar-refractivity contribution in [2.45, 2.75) is 6.61 Å². The third-order valence-corrected chi connectivity index (χ3v) is 5.24. The first kappa shape index (κ1) is 19.2. The van der Waals surface area contributed by atoms with E-state index in [2.05, 4.69) is 21.9 Å². The predicted molar refractivity (Wildman–Crippen MR) is 106 cm³/mol. The van der Waals surface area contributed by atoms with Gasteiger partial charge in [-0.25, -0.2) is 4.39 Å². The maximum Gasteiger partial charge on any atom is 0.294 e. The number of amides is 2. The summed E-state index contributed by atoms with van der Waals surface area (Å²) in [5, 5.41) is -0.381. The number of benzene rings is 2. The SMILES string of the molecule is C#CCN1C(=O)S/C(=C/c2ccc(OCc3ccccc3F)c(Br)c2)C1=O. The van der Waals surface area contributed by atoms with E-state index in [0.29, 0.717) is 26.3 Å². The molecule has 1 saturated heterocycles. The number of thioether (sulfide) groups is 1. The van der Waals surface area contributed by atoms with Gasteiger partial charge >= 0.3 is 0 Å². The number of carbonyl (C=O) groups is 2. The molecule has 2 aromatic carbocycles. The van der Waals surface area contributed by atoms with Crippen LogP contribution in [0.15, 0.2) is 51.8 Å². The highest BCUT2D eigenvalue weighted by atomic mass is 79.9. The zero-order chi connectivity index (χ0) is 19.4. The second-order valence-electron chi connectivity index (χ2n) is 5.54. The van der Waals surface area contributed by atoms with Gasteiger partial charge in [-0.3, -0.25) is 14.5 Å². The summed E-state index contributed by atoms with van der Waals surface area (Å²) >= 11 is 4.26. The molecule has 7 heteroatoms. The molecule has 0 bridgehead atoms. The molecule has 0 aromatic heterocycles. The number of terminal acetylenes is 1. The van der Waals surface area contributed by atoms with E-state index in [9.17, 15) is 14.0 Å². The van der Waals surface area contributed by atoms with Crippen molar-refractivity contribution in [2.75, 3.05) is 6.54 Å². The molecular weight excluding hydrogens is 433 g/mol. The highest BCUT2D eigenvalue weighted by Gasteiger charge is 2.34. The van der Waals surface area contributed by atoms with Crippen molar-refractivity contribution < 1.29 is 18.7 Å². The van der Waals surface area contributed by atoms with Crippen LogP contribution in [-0.2, 0) is 11.4 Å². The highest BCUT2D eigenvalue weighted by molar-refractivity contribution is 9.10. The fraction of sp³-hybridized carbons (Fsp3) is 0.100. The van der Waals surface area contributed by atoms with Crippen molar-refractivity contribution in [1.29, 1.82) is 0 Å². The van der Waals surface area contributed by atoms with Gasteiger partial charge in [0.05, 0.1) is 15.9 Å². The van der Waals surface area contributed by atoms with Crippen LogP contribution in [0.5, 0.6) is 5.75 Å². The van der Waals surface area contributed by atoms with Gasteiger partial charge < -0.3 is 4.74 Å². The van der Waals surface area contributed by atoms with E-state index in [1.807, 2.05) is 0 Å². The lowest BCUT2D eigenvalue weighted by molar-refractivity contribution is -0.122. The van der Waals surface area contributed by atoms with Crippen LogP contribution in [0.25, 0.3) is 6.08 Å². The van der Waals surface area contributed by atoms with Gasteiger partial charge in [-0.05, 0) is 57.5 Å². The van der Waals surface area contributed by atoms with Crippen molar-refractivity contribution >= 4 is 44.9 Å². The first-order valence-electron chi connectivity index (χ1n) is 7.84. The quantitative estimate of drug-likeness (QED) is 0.488. The number of rotatable bonds is 5. The molecule has 0 aliphatic carbocycles. The summed E-state index contributed by atoms with van der Waals surface area (Å²) in [7, 11) is 0. The molecule has 0 N–H and O–H groups in total. The molecule has 0 atom stereocenters. The standard InChI is InChI=1S/C20H13BrFNO3S/c1-2-9-23-19(24)18(27-20(23)25)11-13-7-8-17(15(21)10-13)26-12-14-5-3-4-6-16(14)22/h1,3-8,10-11H,9,12H2/b18-11+. The minimum absolute atomic E-state index is 0.0471. The summed E-state index contributed by atoms with van der Waals surface area (Å²) in [5.41, 5.74) is 1.17. The molecule has 1 aliphatic rings. The first-order valence-corrected chi connectivity index (χ1v) is 9.45. The maximum atomic E-state index is 13.7. The smallest absolute Gasteiger partial charge is 0.294 e. The zero-order valence-electron chi connectivity index (χ0n) is 13.9. The second kappa shape index (κ2) is 8.42. The van der Waals surface area contributed by atoms with Crippen LogP contribution < -0.4 is 4.74 Å². The Morgan fingerprint density at radius 2 is 2.04 bits per heavy atom. The number of nitrogens with zero attached hydrogens (tertiary/aromatic N) is 1. The van der Waals surface area contributed by atoms with Crippen LogP contribution >= 0.6 is 27.7 Å². The van der Waals surface area contributed by atoms with Gasteiger partial charge in [0.25, 0.3) is 11.1 Å². The molecule has 2 amide bonds. The molecule has 0 unspecified atom stereocenters. The monoisotopic (exact) mass is 445 g/mol. The van der Waals surface area contributed by atoms with Gasteiger partial charge in [0.2, 0.25) is 0 Å². The van der Waals surface area contributed by atoms with Crippen LogP contribution in [0.4, 0.5) is 9.18 Å². The number of hydrogen-bond acceptors (Lipinski definition) is 4. The van der Waals surface area contributed by atoms with E-state index in [4.69, 9.17) is 11.2 Å². The first-order chi connectivity index (χ1) is 13.0. The molecule has 0 spiro atoms. The van der Waals surface area contributed by atoms with Crippen molar-refractivity contribution in [1.82, 2.24) is 4.90 Å². The summed E-state index contributed by atoms with van der Waals surface area (Å²) < 4.78 is 20.0. The van der Waals surface area contributed by atoms with E-state index in [1.165, 1.54) is 6.07 Å². The third-order valence-electron chi connectivity index (χ3n) is 3.72. The average Bonchev–Trinajstić information content (AvgIpc) is 2.90. The van der Waals surface area contributed by atoms with Gasteiger partial charge in [-0.1, -0.05) is 30.2 Å². The molecule has 3 rings (SSSR count). The molecule has 2 aromatic rings. The summed E-state index contributed by atoms with van der Waals surface area (Å²) in [5.74, 6) is 2.10. The summed E-state index contributed by atoms with van der Waals surface area (Å²) in [6.45, 7) is 0.0458. The van der Waals surface area contributed by atoms with Crippen molar-refractivity contribution in [3.63, 3.8) is 0 Å². The van der Waals surface area contributed by atoms with E-state index in [-0.39, 0.29) is 24.2 Å². The minimum atomic E-state index is -0.404. The fourth-order valence-corrected chi connectivity index (χ4v) is 3.72. The summed E-state index contributed by atoms with van der Waals surface area (Å²) in [4.78, 5) is 25.4. The third kappa shape index (κ3) is 4.41. The second-order valence-corrected chi connectivity index (χ2v) is 7.39. The fourth-order valence-electron chi connectivity index (χ4n) is 2.37. The van der Waals surface area contributed by atoms with Gasteiger partial charge in [0.15, 0.2) is 0 Å². The Morgan fingerprint density at radius 1 is 1.26 bits per heavy atom. The van der Waals surface area contributed by atoms with Gasteiger partial charge in [0, 0.05) is 5.56 Å². The molecular formula is C20H13BrFNO3S. The largest absolute Gasteiger partial charge is 0.488 e. The molecule has 0 radical (unpaired) electrons. The Labute approximate surface area is 168 Å². The number of imide groups is 1. The normalized spacial score (nSPS) is 15.3. The van der Waals surface area contributed by atoms with E-state index < -0.39 is 5.91 Å². The zero-order valence-corrected chi connectivity index (χ0v) is 16.3. The van der Waals surface area contributed by atoms with Crippen LogP contribution in [0.3, 0.4) is 0 Å². The average molecular weight is 446 g/mol. The molecule has 1 aliphatic heterocycles. The Kier molecular flexibility index (Phi) is 5.99. The van der Waals surface area contributed by atoms with Crippen molar-refractivity contribution in [3.05, 3.63) is 68.8 Å². The molecule has 1 fully saturated rings. The maximum absolute atomic E-state index is 13.7. The lowest BCUT2D eigenvalue weighted by Gasteiger charge is -2.10. The van der Waals surface area contributed by atoms with Crippen LogP contribution in [0.1, 0.15) is 11.1 Å². The highest BCUT2D eigenvalue weighted by Crippen LogP contribution is 2.33. The Balaban J connectivity index is 1.74. The van der Waals surface area contributed by atoms with E-state index in [1.54, 1.807) is 42.5 Å². The molecule has 0 saturated carbocycles. The molecule has 136 valence electrons. The summed E-state index contributed by atoms with van der Waals surface area (Å²) in [6, 6.07) is 11.6. The van der Waals surface area contributed by atoms with Gasteiger partial charge in [-0.15, -0.1) is 6.42 Å². The topological polar surface area (TPSA) is 46.6 Å². The molecule has 27 heavy (non-hydrogen) atoms. The van der Waals surface area contributed by atoms with Crippen LogP contribution in [-0.4, -0.2) is 22.6 Å². The van der Waals surface area contributed by atoms with Crippen LogP contribution in [0.2, 0.25) is 0 Å². The number of halogens is 2. The Morgan fingerprint density at radius 3 is 2.74 bits per heavy atom. The lowest BCUT2D eigenvalue weighted by atomic mass is 10.2. The lowest BCUT2D eigenvalue weighted by Crippen LogP contribution is -2.28. The minimum Gasteiger partial charge on any atom is -0.488 e. The molecule has 1 heterocycles. The predicted octanol–water partition coefficient (Wildman–Crippen LogP) is 4.84.